The number of hydrogen-bond acceptors (Lipinski definition) is 3. The first-order valence-electron chi connectivity index (χ1n) is 4.88. The van der Waals surface area contributed by atoms with Gasteiger partial charge < -0.3 is 10.5 Å². The molecular weight excluding hydrogens is 230 g/mol. The molecule has 0 spiro atoms. The van der Waals surface area contributed by atoms with E-state index in [9.17, 15) is 0 Å². The minimum atomic E-state index is 0.586. The van der Waals surface area contributed by atoms with Crippen molar-refractivity contribution in [2.75, 3.05) is 25.2 Å². The van der Waals surface area contributed by atoms with Gasteiger partial charge in [0.05, 0.1) is 6.61 Å². The SMILES string of the molecule is CSCCOc1cccc(Cl)c1CCN. The van der Waals surface area contributed by atoms with Crippen molar-refractivity contribution in [1.29, 1.82) is 0 Å². The molecule has 0 aliphatic carbocycles. The molecule has 1 aromatic carbocycles. The van der Waals surface area contributed by atoms with Crippen LogP contribution >= 0.6 is 23.4 Å². The van der Waals surface area contributed by atoms with E-state index in [0.29, 0.717) is 13.2 Å². The first-order chi connectivity index (χ1) is 7.29. The zero-order valence-corrected chi connectivity index (χ0v) is 10.4. The second kappa shape index (κ2) is 6.99. The lowest BCUT2D eigenvalue weighted by molar-refractivity contribution is 0.340. The van der Waals surface area contributed by atoms with Gasteiger partial charge in [-0.15, -0.1) is 0 Å². The Bertz CT molecular complexity index is 307. The molecule has 4 heteroatoms. The fourth-order valence-electron chi connectivity index (χ4n) is 1.30. The van der Waals surface area contributed by atoms with Gasteiger partial charge in [0.15, 0.2) is 0 Å². The Morgan fingerprint density at radius 3 is 2.93 bits per heavy atom. The van der Waals surface area contributed by atoms with Gasteiger partial charge in [0.2, 0.25) is 0 Å². The third-order valence-corrected chi connectivity index (χ3v) is 2.94. The number of benzene rings is 1. The summed E-state index contributed by atoms with van der Waals surface area (Å²) in [5, 5.41) is 0.738. The molecule has 0 radical (unpaired) electrons. The lowest BCUT2D eigenvalue weighted by atomic mass is 10.1. The highest BCUT2D eigenvalue weighted by molar-refractivity contribution is 7.98. The Kier molecular flexibility index (Phi) is 5.91. The Morgan fingerprint density at radius 1 is 1.47 bits per heavy atom. The molecule has 0 saturated heterocycles. The van der Waals surface area contributed by atoms with Crippen LogP contribution in [0.2, 0.25) is 5.02 Å². The molecule has 0 aromatic heterocycles. The lowest BCUT2D eigenvalue weighted by Gasteiger charge is -2.11. The summed E-state index contributed by atoms with van der Waals surface area (Å²) >= 11 is 7.84. The summed E-state index contributed by atoms with van der Waals surface area (Å²) in [6.45, 7) is 1.29. The van der Waals surface area contributed by atoms with Crippen LogP contribution < -0.4 is 10.5 Å². The third-order valence-electron chi connectivity index (χ3n) is 2.02. The predicted molar refractivity (Wildman–Crippen MR) is 68.1 cm³/mol. The van der Waals surface area contributed by atoms with Crippen molar-refractivity contribution in [3.63, 3.8) is 0 Å². The van der Waals surface area contributed by atoms with E-state index in [0.717, 1.165) is 28.5 Å². The van der Waals surface area contributed by atoms with Gasteiger partial charge in [-0.05, 0) is 31.4 Å². The quantitative estimate of drug-likeness (QED) is 0.783. The van der Waals surface area contributed by atoms with Crippen LogP contribution in [0.3, 0.4) is 0 Å². The van der Waals surface area contributed by atoms with Gasteiger partial charge in [0.25, 0.3) is 0 Å². The van der Waals surface area contributed by atoms with Crippen LogP contribution in [0.5, 0.6) is 5.75 Å². The fraction of sp³-hybridized carbons (Fsp3) is 0.455. The van der Waals surface area contributed by atoms with Gasteiger partial charge in [-0.25, -0.2) is 0 Å². The molecule has 0 aliphatic heterocycles. The molecule has 0 heterocycles. The Hall–Kier alpha value is -0.380. The summed E-state index contributed by atoms with van der Waals surface area (Å²) in [5.41, 5.74) is 6.55. The number of ether oxygens (including phenoxy) is 1. The zero-order chi connectivity index (χ0) is 11.1. The topological polar surface area (TPSA) is 35.2 Å². The summed E-state index contributed by atoms with van der Waals surface area (Å²) in [6, 6.07) is 5.71. The maximum atomic E-state index is 6.08. The molecule has 1 aromatic rings. The summed E-state index contributed by atoms with van der Waals surface area (Å²) in [4.78, 5) is 0. The number of hydrogen-bond donors (Lipinski definition) is 1. The summed E-state index contributed by atoms with van der Waals surface area (Å²) < 4.78 is 5.65. The van der Waals surface area contributed by atoms with Gasteiger partial charge >= 0.3 is 0 Å². The summed E-state index contributed by atoms with van der Waals surface area (Å²) in [7, 11) is 0. The molecule has 0 atom stereocenters. The van der Waals surface area contributed by atoms with E-state index >= 15 is 0 Å². The highest BCUT2D eigenvalue weighted by Gasteiger charge is 2.06. The van der Waals surface area contributed by atoms with Crippen molar-refractivity contribution in [3.8, 4) is 5.75 Å². The molecule has 0 bridgehead atoms. The predicted octanol–water partition coefficient (Wildman–Crippen LogP) is 2.58. The van der Waals surface area contributed by atoms with E-state index in [2.05, 4.69) is 6.26 Å². The molecule has 0 unspecified atom stereocenters. The van der Waals surface area contributed by atoms with Crippen LogP contribution in [-0.4, -0.2) is 25.2 Å². The fourth-order valence-corrected chi connectivity index (χ4v) is 1.81. The zero-order valence-electron chi connectivity index (χ0n) is 8.83. The number of rotatable bonds is 6. The van der Waals surface area contributed by atoms with Crippen molar-refractivity contribution in [2.24, 2.45) is 5.73 Å². The van der Waals surface area contributed by atoms with Crippen molar-refractivity contribution in [2.45, 2.75) is 6.42 Å². The number of nitrogens with two attached hydrogens (primary N) is 1. The molecule has 1 rings (SSSR count). The van der Waals surface area contributed by atoms with Crippen LogP contribution in [0.15, 0.2) is 18.2 Å². The standard InChI is InChI=1S/C11H16ClNOS/c1-15-8-7-14-11-4-2-3-10(12)9(11)5-6-13/h2-4H,5-8,13H2,1H3. The second-order valence-electron chi connectivity index (χ2n) is 3.10. The molecule has 84 valence electrons. The summed E-state index contributed by atoms with van der Waals surface area (Å²) in [6.07, 6.45) is 2.82. The highest BCUT2D eigenvalue weighted by atomic mass is 35.5. The maximum Gasteiger partial charge on any atom is 0.124 e. The highest BCUT2D eigenvalue weighted by Crippen LogP contribution is 2.26. The van der Waals surface area contributed by atoms with E-state index in [1.54, 1.807) is 11.8 Å². The van der Waals surface area contributed by atoms with Crippen molar-refractivity contribution < 1.29 is 4.74 Å². The van der Waals surface area contributed by atoms with Crippen molar-refractivity contribution in [3.05, 3.63) is 28.8 Å². The Labute approximate surface area is 100 Å². The smallest absolute Gasteiger partial charge is 0.124 e. The molecule has 2 N–H and O–H groups in total. The van der Waals surface area contributed by atoms with Gasteiger partial charge in [-0.1, -0.05) is 17.7 Å². The first kappa shape index (κ1) is 12.7. The second-order valence-corrected chi connectivity index (χ2v) is 4.49. The van der Waals surface area contributed by atoms with Crippen LogP contribution in [0.4, 0.5) is 0 Å². The normalized spacial score (nSPS) is 10.3. The van der Waals surface area contributed by atoms with Crippen LogP contribution in [0, 0.1) is 0 Å². The van der Waals surface area contributed by atoms with Crippen LogP contribution in [0.1, 0.15) is 5.56 Å². The lowest BCUT2D eigenvalue weighted by Crippen LogP contribution is -2.07. The van der Waals surface area contributed by atoms with E-state index < -0.39 is 0 Å². The third kappa shape index (κ3) is 3.93. The molecule has 0 saturated carbocycles. The molecule has 15 heavy (non-hydrogen) atoms. The van der Waals surface area contributed by atoms with Gasteiger partial charge in [0, 0.05) is 16.3 Å². The van der Waals surface area contributed by atoms with Gasteiger partial charge in [0.1, 0.15) is 5.75 Å². The Balaban J connectivity index is 2.71. The minimum Gasteiger partial charge on any atom is -0.492 e. The molecule has 0 fully saturated rings. The molecular formula is C11H16ClNOS. The Morgan fingerprint density at radius 2 is 2.27 bits per heavy atom. The monoisotopic (exact) mass is 245 g/mol. The van der Waals surface area contributed by atoms with E-state index in [1.807, 2.05) is 18.2 Å². The van der Waals surface area contributed by atoms with Crippen LogP contribution in [0.25, 0.3) is 0 Å². The number of halogens is 1. The van der Waals surface area contributed by atoms with Crippen molar-refractivity contribution >= 4 is 23.4 Å². The maximum absolute atomic E-state index is 6.08. The number of thioether (sulfide) groups is 1. The average molecular weight is 246 g/mol. The van der Waals surface area contributed by atoms with Gasteiger partial charge in [-0.2, -0.15) is 11.8 Å². The molecule has 0 amide bonds. The van der Waals surface area contributed by atoms with E-state index in [4.69, 9.17) is 22.1 Å². The van der Waals surface area contributed by atoms with Crippen molar-refractivity contribution in [1.82, 2.24) is 0 Å². The average Bonchev–Trinajstić information content (AvgIpc) is 2.23. The van der Waals surface area contributed by atoms with E-state index in [-0.39, 0.29) is 0 Å². The van der Waals surface area contributed by atoms with E-state index in [1.165, 1.54) is 0 Å². The summed E-state index contributed by atoms with van der Waals surface area (Å²) in [5.74, 6) is 1.84. The molecule has 0 aliphatic rings. The largest absolute Gasteiger partial charge is 0.492 e. The van der Waals surface area contributed by atoms with Crippen LogP contribution in [-0.2, 0) is 6.42 Å². The molecule has 2 nitrogen and oxygen atoms in total. The minimum absolute atomic E-state index is 0.586. The first-order valence-corrected chi connectivity index (χ1v) is 6.66. The van der Waals surface area contributed by atoms with Gasteiger partial charge in [-0.3, -0.25) is 0 Å².